The molecule has 0 heterocycles. The van der Waals surface area contributed by atoms with Crippen molar-refractivity contribution in [3.8, 4) is 33.4 Å². The van der Waals surface area contributed by atoms with E-state index >= 15 is 26.3 Å². The van der Waals surface area contributed by atoms with Gasteiger partial charge in [0.15, 0.2) is 17.5 Å². The predicted molar refractivity (Wildman–Crippen MR) is 315 cm³/mol. The van der Waals surface area contributed by atoms with Gasteiger partial charge >= 0.3 is 0 Å². The highest BCUT2D eigenvalue weighted by atomic mass is 19.2. The molecule has 0 saturated heterocycles. The van der Waals surface area contributed by atoms with Gasteiger partial charge in [-0.05, 0) is 151 Å². The molecule has 0 saturated carbocycles. The van der Waals surface area contributed by atoms with E-state index in [1.165, 1.54) is 0 Å². The van der Waals surface area contributed by atoms with Gasteiger partial charge in [-0.25, -0.2) is 26.3 Å². The first-order chi connectivity index (χ1) is 38.8. The number of halogens is 6. The van der Waals surface area contributed by atoms with E-state index in [1.807, 2.05) is 163 Å². The lowest BCUT2D eigenvalue weighted by atomic mass is 9.61. The topological polar surface area (TPSA) is 3.24 Å². The van der Waals surface area contributed by atoms with Crippen LogP contribution in [0.1, 0.15) is 58.7 Å². The molecular formula is C73H53F6N. The maximum Gasteiger partial charge on any atom is 0.163 e. The van der Waals surface area contributed by atoms with E-state index in [1.54, 1.807) is 19.1 Å². The third kappa shape index (κ3) is 8.08. The molecule has 0 radical (unpaired) electrons. The molecule has 8 aromatic rings. The summed E-state index contributed by atoms with van der Waals surface area (Å²) in [5, 5.41) is 0. The van der Waals surface area contributed by atoms with Gasteiger partial charge in [-0.2, -0.15) is 0 Å². The van der Waals surface area contributed by atoms with E-state index in [2.05, 4.69) is 56.6 Å². The van der Waals surface area contributed by atoms with Gasteiger partial charge in [0, 0.05) is 47.1 Å². The van der Waals surface area contributed by atoms with Crippen LogP contribution in [0.3, 0.4) is 0 Å². The number of rotatable bonds is 13. The number of hydrogen-bond donors (Lipinski definition) is 0. The number of nitrogens with zero attached hydrogens (tertiary/aromatic N) is 1. The molecule has 80 heavy (non-hydrogen) atoms. The fourth-order valence-corrected chi connectivity index (χ4v) is 13.2. The minimum Gasteiger partial charge on any atom is -0.310 e. The zero-order valence-electron chi connectivity index (χ0n) is 43.9. The summed E-state index contributed by atoms with van der Waals surface area (Å²) in [7, 11) is 0. The van der Waals surface area contributed by atoms with Gasteiger partial charge in [-0.1, -0.05) is 183 Å². The lowest BCUT2D eigenvalue weighted by Gasteiger charge is -2.41. The summed E-state index contributed by atoms with van der Waals surface area (Å²) in [6, 6.07) is 54.9. The first kappa shape index (κ1) is 51.6. The Labute approximate surface area is 462 Å². The van der Waals surface area contributed by atoms with Crippen molar-refractivity contribution in [2.24, 2.45) is 11.8 Å². The quantitative estimate of drug-likeness (QED) is 0.0632. The standard InChI is InChI=1S/C73H53F6N/c1-6-45-24-28-51(29-25-45)72(65-38-53(74)40-67(76)70(65)78)62-23-13-12-22-59(62)61-35-33-56(42-63(61)72)80(55-21-15-20-50(37-55)49-19-14-18-48(36-49)47-16-10-9-11-17-47)57-32-34-60-58(8-3)69(44(4)5)73(64(60)43-57,52-30-26-46(7-2)27-31-52)66-39-54(75)41-68(77)71(66)79/h6-26,28-37,39-43,46,65H,1-4,27,38H2,5H3. The average Bonchev–Trinajstić information content (AvgIpc) is 3.97. The Morgan fingerprint density at radius 2 is 1.23 bits per heavy atom. The fourth-order valence-electron chi connectivity index (χ4n) is 13.2. The molecule has 392 valence electrons. The second kappa shape index (κ2) is 20.2. The number of hydrogen-bond acceptors (Lipinski definition) is 1. The molecule has 8 aromatic carbocycles. The molecule has 7 heteroatoms. The molecule has 4 aliphatic rings. The fraction of sp³-hybridized carbons (Fsp3) is 0.0959. The molecule has 0 bridgehead atoms. The van der Waals surface area contributed by atoms with Crippen LogP contribution in [0.4, 0.5) is 43.4 Å². The van der Waals surface area contributed by atoms with E-state index < -0.39 is 58.1 Å². The van der Waals surface area contributed by atoms with Crippen LogP contribution < -0.4 is 4.90 Å². The Kier molecular flexibility index (Phi) is 13.0. The van der Waals surface area contributed by atoms with Crippen LogP contribution in [-0.2, 0) is 10.8 Å². The summed E-state index contributed by atoms with van der Waals surface area (Å²) in [6.07, 6.45) is 11.7. The van der Waals surface area contributed by atoms with E-state index in [0.29, 0.717) is 85.7 Å². The van der Waals surface area contributed by atoms with Gasteiger partial charge in [0.05, 0.1) is 10.8 Å². The van der Waals surface area contributed by atoms with Crippen molar-refractivity contribution >= 4 is 28.7 Å². The van der Waals surface area contributed by atoms with Crippen LogP contribution in [0.15, 0.2) is 273 Å². The van der Waals surface area contributed by atoms with Gasteiger partial charge in [0.25, 0.3) is 0 Å². The molecule has 0 fully saturated rings. The SMILES string of the molecule is C=CC1=C(C(=C)C)C(C2=CCC(C=C)C=C2)(c2cc(F)cc(F)c2F)c2cc(N(c3cccc(-c4cccc(-c5ccccc5)c4)c3)c3ccc4c(c3)C(c3ccc(C=C)cc3)(C3CC(F)=CC(F)=C3F)c3ccccc3-4)ccc21. The second-order valence-corrected chi connectivity index (χ2v) is 20.9. The number of anilines is 3. The first-order valence-electron chi connectivity index (χ1n) is 26.6. The molecule has 0 aromatic heterocycles. The average molecular weight is 1060 g/mol. The van der Waals surface area contributed by atoms with E-state index in [4.69, 9.17) is 0 Å². The maximum atomic E-state index is 17.2. The molecule has 12 rings (SSSR count). The van der Waals surface area contributed by atoms with Gasteiger partial charge in [0.1, 0.15) is 17.5 Å². The van der Waals surface area contributed by atoms with Crippen molar-refractivity contribution in [1.29, 1.82) is 0 Å². The molecule has 0 spiro atoms. The minimum atomic E-state index is -1.67. The van der Waals surface area contributed by atoms with Crippen molar-refractivity contribution in [3.05, 3.63) is 329 Å². The van der Waals surface area contributed by atoms with Gasteiger partial charge < -0.3 is 4.90 Å². The highest BCUT2D eigenvalue weighted by molar-refractivity contribution is 5.95. The highest BCUT2D eigenvalue weighted by Gasteiger charge is 2.54. The molecule has 0 N–H and O–H groups in total. The van der Waals surface area contributed by atoms with Gasteiger partial charge in [-0.15, -0.1) is 6.58 Å². The summed E-state index contributed by atoms with van der Waals surface area (Å²) in [6.45, 7) is 18.5. The Bertz CT molecular complexity index is 4080. The van der Waals surface area contributed by atoms with Crippen LogP contribution in [0.2, 0.25) is 0 Å². The third-order valence-electron chi connectivity index (χ3n) is 16.6. The molecule has 0 aliphatic heterocycles. The number of fused-ring (bicyclic) bond motifs is 4. The van der Waals surface area contributed by atoms with E-state index in [0.717, 1.165) is 45.0 Å². The van der Waals surface area contributed by atoms with Crippen molar-refractivity contribution in [3.63, 3.8) is 0 Å². The lowest BCUT2D eigenvalue weighted by molar-refractivity contribution is 0.314. The summed E-state index contributed by atoms with van der Waals surface area (Å²) < 4.78 is 98.3. The zero-order chi connectivity index (χ0) is 55.6. The molecule has 4 unspecified atom stereocenters. The second-order valence-electron chi connectivity index (χ2n) is 20.9. The van der Waals surface area contributed by atoms with Gasteiger partial charge in [0.2, 0.25) is 0 Å². The van der Waals surface area contributed by atoms with Crippen molar-refractivity contribution in [2.75, 3.05) is 4.90 Å². The molecule has 4 atom stereocenters. The highest BCUT2D eigenvalue weighted by Crippen LogP contribution is 2.63. The summed E-state index contributed by atoms with van der Waals surface area (Å²) in [5.74, 6) is -8.02. The summed E-state index contributed by atoms with van der Waals surface area (Å²) in [4.78, 5) is 2.05. The van der Waals surface area contributed by atoms with Crippen molar-refractivity contribution in [1.82, 2.24) is 0 Å². The molecule has 0 amide bonds. The van der Waals surface area contributed by atoms with Crippen LogP contribution >= 0.6 is 0 Å². The van der Waals surface area contributed by atoms with Crippen LogP contribution in [0.25, 0.3) is 45.0 Å². The van der Waals surface area contributed by atoms with E-state index in [9.17, 15) is 0 Å². The summed E-state index contributed by atoms with van der Waals surface area (Å²) in [5.41, 5.74) is 10.0. The largest absolute Gasteiger partial charge is 0.310 e. The Balaban J connectivity index is 1.16. The Morgan fingerprint density at radius 3 is 1.91 bits per heavy atom. The molecule has 1 nitrogen and oxygen atoms in total. The Morgan fingerprint density at radius 1 is 0.588 bits per heavy atom. The summed E-state index contributed by atoms with van der Waals surface area (Å²) >= 11 is 0. The van der Waals surface area contributed by atoms with Gasteiger partial charge in [-0.3, -0.25) is 0 Å². The number of benzene rings is 8. The molecule has 4 aliphatic carbocycles. The van der Waals surface area contributed by atoms with Crippen molar-refractivity contribution in [2.45, 2.75) is 30.6 Å². The molecular weight excluding hydrogens is 1000 g/mol. The van der Waals surface area contributed by atoms with Crippen LogP contribution in [0.5, 0.6) is 0 Å². The number of allylic oxidation sites excluding steroid dienone is 13. The maximum absolute atomic E-state index is 17.2. The Hall–Kier alpha value is -9.20. The predicted octanol–water partition coefficient (Wildman–Crippen LogP) is 20.4. The smallest absolute Gasteiger partial charge is 0.163 e. The van der Waals surface area contributed by atoms with Crippen LogP contribution in [-0.4, -0.2) is 0 Å². The monoisotopic (exact) mass is 1060 g/mol. The first-order valence-corrected chi connectivity index (χ1v) is 26.6. The van der Waals surface area contributed by atoms with Crippen molar-refractivity contribution < 1.29 is 26.3 Å². The minimum absolute atomic E-state index is 0.0519. The van der Waals surface area contributed by atoms with E-state index in [-0.39, 0.29) is 11.5 Å². The zero-order valence-corrected chi connectivity index (χ0v) is 43.9. The normalized spacial score (nSPS) is 19.9. The van der Waals surface area contributed by atoms with Crippen LogP contribution in [0, 0.1) is 29.3 Å². The third-order valence-corrected chi connectivity index (χ3v) is 16.6. The lowest BCUT2D eigenvalue weighted by Crippen LogP contribution is -2.38.